The summed E-state index contributed by atoms with van der Waals surface area (Å²) in [5.41, 5.74) is 2.25. The van der Waals surface area contributed by atoms with Crippen LogP contribution < -0.4 is 9.64 Å². The third-order valence-electron chi connectivity index (χ3n) is 6.36. The Morgan fingerprint density at radius 1 is 1.15 bits per heavy atom. The van der Waals surface area contributed by atoms with Gasteiger partial charge in [0.25, 0.3) is 0 Å². The SMILES string of the molecule is COc1ccccc1CC(C)N(Cc1ccccc1)C(=O)C1CCCN(c2cnccn2)C1. The first-order chi connectivity index (χ1) is 16.2. The monoisotopic (exact) mass is 444 g/mol. The van der Waals surface area contributed by atoms with Gasteiger partial charge in [-0.05, 0) is 43.4 Å². The molecular weight excluding hydrogens is 412 g/mol. The fourth-order valence-electron chi connectivity index (χ4n) is 4.61. The summed E-state index contributed by atoms with van der Waals surface area (Å²) in [4.78, 5) is 26.8. The van der Waals surface area contributed by atoms with E-state index in [0.29, 0.717) is 13.1 Å². The standard InChI is InChI=1S/C27H32N4O2/c1-21(17-23-11-6-7-13-25(23)33-2)31(19-22-9-4-3-5-10-22)27(32)24-12-8-16-30(20-24)26-18-28-14-15-29-26/h3-7,9-11,13-15,18,21,24H,8,12,16-17,19-20H2,1-2H3. The van der Waals surface area contributed by atoms with E-state index in [1.807, 2.05) is 41.3 Å². The number of piperidine rings is 1. The van der Waals surface area contributed by atoms with E-state index in [-0.39, 0.29) is 17.9 Å². The number of nitrogens with zero attached hydrogens (tertiary/aromatic N) is 4. The van der Waals surface area contributed by atoms with Gasteiger partial charge in [0, 0.05) is 38.1 Å². The zero-order valence-corrected chi connectivity index (χ0v) is 19.4. The van der Waals surface area contributed by atoms with Gasteiger partial charge in [0.05, 0.1) is 19.2 Å². The Kier molecular flexibility index (Phi) is 7.55. The van der Waals surface area contributed by atoms with E-state index < -0.39 is 0 Å². The predicted octanol–water partition coefficient (Wildman–Crippen LogP) is 4.36. The predicted molar refractivity (Wildman–Crippen MR) is 130 cm³/mol. The molecule has 6 heteroatoms. The van der Waals surface area contributed by atoms with Crippen LogP contribution in [0.25, 0.3) is 0 Å². The van der Waals surface area contributed by atoms with Gasteiger partial charge in [0.2, 0.25) is 5.91 Å². The van der Waals surface area contributed by atoms with Crippen molar-refractivity contribution in [2.24, 2.45) is 5.92 Å². The molecule has 1 fully saturated rings. The van der Waals surface area contributed by atoms with Crippen LogP contribution in [0.4, 0.5) is 5.82 Å². The van der Waals surface area contributed by atoms with E-state index in [2.05, 4.69) is 40.0 Å². The zero-order chi connectivity index (χ0) is 23.0. The maximum absolute atomic E-state index is 13.9. The van der Waals surface area contributed by atoms with Crippen LogP contribution in [-0.2, 0) is 17.8 Å². The Hall–Kier alpha value is -3.41. The molecule has 0 aliphatic carbocycles. The topological polar surface area (TPSA) is 58.6 Å². The van der Waals surface area contributed by atoms with E-state index in [1.165, 1.54) is 0 Å². The van der Waals surface area contributed by atoms with Crippen LogP contribution in [0.15, 0.2) is 73.2 Å². The molecule has 1 saturated heterocycles. The zero-order valence-electron chi connectivity index (χ0n) is 19.4. The molecule has 6 nitrogen and oxygen atoms in total. The summed E-state index contributed by atoms with van der Waals surface area (Å²) >= 11 is 0. The van der Waals surface area contributed by atoms with E-state index >= 15 is 0 Å². The van der Waals surface area contributed by atoms with E-state index in [9.17, 15) is 4.79 Å². The van der Waals surface area contributed by atoms with Crippen molar-refractivity contribution in [3.05, 3.63) is 84.3 Å². The first-order valence-electron chi connectivity index (χ1n) is 11.6. The van der Waals surface area contributed by atoms with Crippen molar-refractivity contribution in [1.29, 1.82) is 0 Å². The molecule has 1 aliphatic rings. The normalized spacial score (nSPS) is 16.8. The highest BCUT2D eigenvalue weighted by Crippen LogP contribution is 2.26. The highest BCUT2D eigenvalue weighted by atomic mass is 16.5. The number of hydrogen-bond donors (Lipinski definition) is 0. The number of rotatable bonds is 8. The van der Waals surface area contributed by atoms with Crippen molar-refractivity contribution < 1.29 is 9.53 Å². The number of carbonyl (C=O) groups excluding carboxylic acids is 1. The molecule has 1 aromatic heterocycles. The third-order valence-corrected chi connectivity index (χ3v) is 6.36. The number of ether oxygens (including phenoxy) is 1. The van der Waals surface area contributed by atoms with E-state index in [4.69, 9.17) is 4.74 Å². The lowest BCUT2D eigenvalue weighted by Crippen LogP contribution is -2.48. The molecular formula is C27H32N4O2. The lowest BCUT2D eigenvalue weighted by molar-refractivity contribution is -0.138. The smallest absolute Gasteiger partial charge is 0.228 e. The van der Waals surface area contributed by atoms with Crippen LogP contribution in [0.2, 0.25) is 0 Å². The average Bonchev–Trinajstić information content (AvgIpc) is 2.88. The van der Waals surface area contributed by atoms with Crippen LogP contribution >= 0.6 is 0 Å². The van der Waals surface area contributed by atoms with E-state index in [0.717, 1.165) is 48.5 Å². The molecule has 3 aromatic rings. The fourth-order valence-corrected chi connectivity index (χ4v) is 4.61. The second kappa shape index (κ2) is 10.9. The van der Waals surface area contributed by atoms with Crippen LogP contribution in [0.3, 0.4) is 0 Å². The molecule has 1 aliphatic heterocycles. The molecule has 4 rings (SSSR count). The molecule has 0 spiro atoms. The molecule has 2 unspecified atom stereocenters. The Balaban J connectivity index is 1.55. The Labute approximate surface area is 196 Å². The average molecular weight is 445 g/mol. The number of benzene rings is 2. The molecule has 0 bridgehead atoms. The first kappa shape index (κ1) is 22.8. The number of aromatic nitrogens is 2. The maximum atomic E-state index is 13.9. The van der Waals surface area contributed by atoms with Gasteiger partial charge >= 0.3 is 0 Å². The van der Waals surface area contributed by atoms with Gasteiger partial charge < -0.3 is 14.5 Å². The number of anilines is 1. The molecule has 0 saturated carbocycles. The van der Waals surface area contributed by atoms with Crippen molar-refractivity contribution in [3.8, 4) is 5.75 Å². The van der Waals surface area contributed by atoms with Gasteiger partial charge in [-0.2, -0.15) is 0 Å². The first-order valence-corrected chi connectivity index (χ1v) is 11.6. The van der Waals surface area contributed by atoms with Gasteiger partial charge in [-0.25, -0.2) is 4.98 Å². The summed E-state index contributed by atoms with van der Waals surface area (Å²) in [7, 11) is 1.69. The van der Waals surface area contributed by atoms with Crippen molar-refractivity contribution >= 4 is 11.7 Å². The summed E-state index contributed by atoms with van der Waals surface area (Å²) in [6.45, 7) is 4.30. The molecule has 0 N–H and O–H groups in total. The minimum Gasteiger partial charge on any atom is -0.496 e. The van der Waals surface area contributed by atoms with Crippen molar-refractivity contribution in [2.75, 3.05) is 25.1 Å². The van der Waals surface area contributed by atoms with Gasteiger partial charge in [-0.1, -0.05) is 48.5 Å². The van der Waals surface area contributed by atoms with Gasteiger partial charge in [-0.3, -0.25) is 9.78 Å². The van der Waals surface area contributed by atoms with Crippen molar-refractivity contribution in [1.82, 2.24) is 14.9 Å². The molecule has 33 heavy (non-hydrogen) atoms. The van der Waals surface area contributed by atoms with Crippen LogP contribution in [0.1, 0.15) is 30.9 Å². The lowest BCUT2D eigenvalue weighted by atomic mass is 9.94. The summed E-state index contributed by atoms with van der Waals surface area (Å²) in [6.07, 6.45) is 7.76. The summed E-state index contributed by atoms with van der Waals surface area (Å²) in [5, 5.41) is 0. The highest BCUT2D eigenvalue weighted by molar-refractivity contribution is 5.80. The maximum Gasteiger partial charge on any atom is 0.228 e. The van der Waals surface area contributed by atoms with E-state index in [1.54, 1.807) is 25.7 Å². The Morgan fingerprint density at radius 3 is 2.70 bits per heavy atom. The van der Waals surface area contributed by atoms with Crippen molar-refractivity contribution in [3.63, 3.8) is 0 Å². The molecule has 2 aromatic carbocycles. The second-order valence-corrected chi connectivity index (χ2v) is 8.67. The van der Waals surface area contributed by atoms with Gasteiger partial charge in [-0.15, -0.1) is 0 Å². The number of carbonyl (C=O) groups is 1. The lowest BCUT2D eigenvalue weighted by Gasteiger charge is -2.38. The summed E-state index contributed by atoms with van der Waals surface area (Å²) < 4.78 is 5.56. The number of amides is 1. The molecule has 2 heterocycles. The summed E-state index contributed by atoms with van der Waals surface area (Å²) in [5.74, 6) is 1.84. The molecule has 1 amide bonds. The third kappa shape index (κ3) is 5.69. The number of para-hydroxylation sites is 1. The van der Waals surface area contributed by atoms with Gasteiger partial charge in [0.1, 0.15) is 11.6 Å². The minimum atomic E-state index is -0.0652. The fraction of sp³-hybridized carbons (Fsp3) is 0.370. The second-order valence-electron chi connectivity index (χ2n) is 8.67. The largest absolute Gasteiger partial charge is 0.496 e. The Morgan fingerprint density at radius 2 is 1.94 bits per heavy atom. The highest BCUT2D eigenvalue weighted by Gasteiger charge is 2.32. The Bertz CT molecular complexity index is 1030. The van der Waals surface area contributed by atoms with Crippen molar-refractivity contribution in [2.45, 2.75) is 38.8 Å². The molecule has 172 valence electrons. The van der Waals surface area contributed by atoms with Gasteiger partial charge in [0.15, 0.2) is 0 Å². The molecule has 2 atom stereocenters. The van der Waals surface area contributed by atoms with Crippen LogP contribution in [-0.4, -0.2) is 47.0 Å². The minimum absolute atomic E-state index is 0.0286. The molecule has 0 radical (unpaired) electrons. The summed E-state index contributed by atoms with van der Waals surface area (Å²) in [6, 6.07) is 18.3. The number of hydrogen-bond acceptors (Lipinski definition) is 5. The number of methoxy groups -OCH3 is 1. The van der Waals surface area contributed by atoms with Crippen LogP contribution in [0, 0.1) is 5.92 Å². The van der Waals surface area contributed by atoms with Crippen LogP contribution in [0.5, 0.6) is 5.75 Å². The quantitative estimate of drug-likeness (QED) is 0.517.